The number of hydrogen-bond acceptors (Lipinski definition) is 2. The predicted molar refractivity (Wildman–Crippen MR) is 84.2 cm³/mol. The molecule has 0 amide bonds. The molecule has 0 heterocycles. The molecular weight excluding hydrogens is 246 g/mol. The summed E-state index contributed by atoms with van der Waals surface area (Å²) in [4.78, 5) is 0. The van der Waals surface area contributed by atoms with Crippen LogP contribution in [0.25, 0.3) is 0 Å². The summed E-state index contributed by atoms with van der Waals surface area (Å²) in [5.74, 6) is 1.76. The molecule has 0 saturated carbocycles. The van der Waals surface area contributed by atoms with Gasteiger partial charge in [-0.1, -0.05) is 43.7 Å². The molecule has 106 valence electrons. The van der Waals surface area contributed by atoms with Crippen LogP contribution in [0.4, 0.5) is 0 Å². The van der Waals surface area contributed by atoms with Crippen molar-refractivity contribution < 1.29 is 4.74 Å². The van der Waals surface area contributed by atoms with Gasteiger partial charge in [0.2, 0.25) is 0 Å². The molecule has 2 nitrogen and oxygen atoms in total. The highest BCUT2D eigenvalue weighted by Gasteiger charge is 2.07. The third kappa shape index (κ3) is 3.61. The summed E-state index contributed by atoms with van der Waals surface area (Å²) < 4.78 is 6.01. The minimum absolute atomic E-state index is 0.492. The van der Waals surface area contributed by atoms with Gasteiger partial charge in [-0.15, -0.1) is 0 Å². The second-order valence-electron chi connectivity index (χ2n) is 5.12. The summed E-state index contributed by atoms with van der Waals surface area (Å²) >= 11 is 0. The predicted octanol–water partition coefficient (Wildman–Crippen LogP) is 4.59. The summed E-state index contributed by atoms with van der Waals surface area (Å²) in [6.45, 7) is 4.75. The zero-order valence-corrected chi connectivity index (χ0v) is 12.4. The van der Waals surface area contributed by atoms with Crippen molar-refractivity contribution in [3.63, 3.8) is 0 Å². The van der Waals surface area contributed by atoms with E-state index in [0.717, 1.165) is 29.0 Å². The molecule has 0 bridgehead atoms. The first-order valence-corrected chi connectivity index (χ1v) is 7.30. The Labute approximate surface area is 121 Å². The van der Waals surface area contributed by atoms with E-state index in [0.29, 0.717) is 6.54 Å². The summed E-state index contributed by atoms with van der Waals surface area (Å²) in [6.07, 6.45) is 3.59. The third-order valence-corrected chi connectivity index (χ3v) is 3.48. The molecule has 0 spiro atoms. The monoisotopic (exact) mass is 269 g/mol. The Kier molecular flexibility index (Phi) is 5.19. The normalized spacial score (nSPS) is 10.6. The molecule has 0 unspecified atom stereocenters. The maximum Gasteiger partial charge on any atom is 0.134 e. The molecule has 2 aromatic carbocycles. The number of para-hydroxylation sites is 1. The number of benzene rings is 2. The van der Waals surface area contributed by atoms with Crippen molar-refractivity contribution in [1.29, 1.82) is 0 Å². The highest BCUT2D eigenvalue weighted by atomic mass is 16.5. The fourth-order valence-corrected chi connectivity index (χ4v) is 2.24. The molecule has 0 fully saturated rings. The third-order valence-electron chi connectivity index (χ3n) is 3.48. The van der Waals surface area contributed by atoms with Crippen molar-refractivity contribution in [2.24, 2.45) is 5.73 Å². The van der Waals surface area contributed by atoms with Crippen molar-refractivity contribution in [2.75, 3.05) is 0 Å². The van der Waals surface area contributed by atoms with Crippen LogP contribution in [0.5, 0.6) is 11.5 Å². The van der Waals surface area contributed by atoms with E-state index in [2.05, 4.69) is 19.1 Å². The minimum atomic E-state index is 0.492. The Morgan fingerprint density at radius 1 is 1.05 bits per heavy atom. The van der Waals surface area contributed by atoms with Crippen molar-refractivity contribution in [1.82, 2.24) is 0 Å². The topological polar surface area (TPSA) is 35.2 Å². The fourth-order valence-electron chi connectivity index (χ4n) is 2.24. The molecule has 2 aromatic rings. The summed E-state index contributed by atoms with van der Waals surface area (Å²) in [5.41, 5.74) is 9.29. The quantitative estimate of drug-likeness (QED) is 0.832. The molecule has 0 atom stereocenters. The number of nitrogens with two attached hydrogens (primary N) is 1. The van der Waals surface area contributed by atoms with Gasteiger partial charge in [-0.3, -0.25) is 0 Å². The van der Waals surface area contributed by atoms with Crippen LogP contribution in [0.3, 0.4) is 0 Å². The van der Waals surface area contributed by atoms with Gasteiger partial charge in [-0.05, 0) is 43.0 Å². The van der Waals surface area contributed by atoms with Crippen LogP contribution < -0.4 is 10.5 Å². The first-order valence-electron chi connectivity index (χ1n) is 7.30. The molecule has 0 aliphatic rings. The Morgan fingerprint density at radius 3 is 2.45 bits per heavy atom. The minimum Gasteiger partial charge on any atom is -0.457 e. The number of unbranched alkanes of at least 4 members (excludes halogenated alkanes) is 1. The SMILES string of the molecule is CCCCc1ccc(Oc2c(C)cccc2CN)cc1. The Balaban J connectivity index is 2.14. The van der Waals surface area contributed by atoms with Gasteiger partial charge in [-0.25, -0.2) is 0 Å². The van der Waals surface area contributed by atoms with Crippen LogP contribution in [-0.4, -0.2) is 0 Å². The molecule has 20 heavy (non-hydrogen) atoms. The van der Waals surface area contributed by atoms with E-state index in [9.17, 15) is 0 Å². The van der Waals surface area contributed by atoms with Crippen LogP contribution >= 0.6 is 0 Å². The molecule has 2 rings (SSSR count). The van der Waals surface area contributed by atoms with Gasteiger partial charge in [0.05, 0.1) is 0 Å². The van der Waals surface area contributed by atoms with E-state index >= 15 is 0 Å². The average molecular weight is 269 g/mol. The number of aryl methyl sites for hydroxylation is 2. The van der Waals surface area contributed by atoms with Crippen LogP contribution in [0, 0.1) is 6.92 Å². The molecule has 0 radical (unpaired) electrons. The van der Waals surface area contributed by atoms with Crippen molar-refractivity contribution >= 4 is 0 Å². The second kappa shape index (κ2) is 7.11. The maximum atomic E-state index is 6.01. The van der Waals surface area contributed by atoms with E-state index in [1.165, 1.54) is 18.4 Å². The smallest absolute Gasteiger partial charge is 0.134 e. The highest BCUT2D eigenvalue weighted by molar-refractivity contribution is 5.44. The van der Waals surface area contributed by atoms with E-state index in [4.69, 9.17) is 10.5 Å². The lowest BCUT2D eigenvalue weighted by atomic mass is 10.1. The Bertz CT molecular complexity index is 546. The fraction of sp³-hybridized carbons (Fsp3) is 0.333. The van der Waals surface area contributed by atoms with Crippen LogP contribution in [0.15, 0.2) is 42.5 Å². The van der Waals surface area contributed by atoms with Gasteiger partial charge < -0.3 is 10.5 Å². The van der Waals surface area contributed by atoms with Crippen LogP contribution in [0.1, 0.15) is 36.5 Å². The standard InChI is InChI=1S/C18H23NO/c1-3-4-7-15-9-11-17(12-10-15)20-18-14(2)6-5-8-16(18)13-19/h5-6,8-12H,3-4,7,13,19H2,1-2H3. The number of ether oxygens (including phenoxy) is 1. The molecule has 0 saturated heterocycles. The number of hydrogen-bond donors (Lipinski definition) is 1. The van der Waals surface area contributed by atoms with Crippen LogP contribution in [0.2, 0.25) is 0 Å². The van der Waals surface area contributed by atoms with Gasteiger partial charge in [0.25, 0.3) is 0 Å². The van der Waals surface area contributed by atoms with Crippen molar-refractivity contribution in [3.05, 3.63) is 59.2 Å². The second-order valence-corrected chi connectivity index (χ2v) is 5.12. The van der Waals surface area contributed by atoms with Gasteiger partial charge in [0, 0.05) is 12.1 Å². The Hall–Kier alpha value is -1.80. The number of rotatable bonds is 6. The summed E-state index contributed by atoms with van der Waals surface area (Å²) in [6, 6.07) is 14.4. The first kappa shape index (κ1) is 14.6. The van der Waals surface area contributed by atoms with E-state index in [1.54, 1.807) is 0 Å². The molecule has 2 N–H and O–H groups in total. The molecule has 0 aliphatic carbocycles. The van der Waals surface area contributed by atoms with Gasteiger partial charge in [0.1, 0.15) is 11.5 Å². The van der Waals surface area contributed by atoms with E-state index in [1.807, 2.05) is 37.3 Å². The average Bonchev–Trinajstić information content (AvgIpc) is 2.48. The van der Waals surface area contributed by atoms with Crippen LogP contribution in [-0.2, 0) is 13.0 Å². The molecular formula is C18H23NO. The Morgan fingerprint density at radius 2 is 1.80 bits per heavy atom. The molecule has 0 aromatic heterocycles. The zero-order valence-electron chi connectivity index (χ0n) is 12.4. The first-order chi connectivity index (χ1) is 9.74. The lowest BCUT2D eigenvalue weighted by Crippen LogP contribution is -2.00. The zero-order chi connectivity index (χ0) is 14.4. The summed E-state index contributed by atoms with van der Waals surface area (Å²) in [5, 5.41) is 0. The highest BCUT2D eigenvalue weighted by Crippen LogP contribution is 2.29. The lowest BCUT2D eigenvalue weighted by molar-refractivity contribution is 0.472. The van der Waals surface area contributed by atoms with Crippen molar-refractivity contribution in [3.8, 4) is 11.5 Å². The lowest BCUT2D eigenvalue weighted by Gasteiger charge is -2.13. The van der Waals surface area contributed by atoms with Gasteiger partial charge >= 0.3 is 0 Å². The maximum absolute atomic E-state index is 6.01. The van der Waals surface area contributed by atoms with Gasteiger partial charge in [-0.2, -0.15) is 0 Å². The molecule has 2 heteroatoms. The summed E-state index contributed by atoms with van der Waals surface area (Å²) in [7, 11) is 0. The van der Waals surface area contributed by atoms with Gasteiger partial charge in [0.15, 0.2) is 0 Å². The molecule has 0 aliphatic heterocycles. The van der Waals surface area contributed by atoms with E-state index in [-0.39, 0.29) is 0 Å². The largest absolute Gasteiger partial charge is 0.457 e. The van der Waals surface area contributed by atoms with Crippen molar-refractivity contribution in [2.45, 2.75) is 39.7 Å². The van der Waals surface area contributed by atoms with E-state index < -0.39 is 0 Å².